The van der Waals surface area contributed by atoms with Crippen LogP contribution in [-0.4, -0.2) is 9.97 Å². The summed E-state index contributed by atoms with van der Waals surface area (Å²) in [6.07, 6.45) is 0. The van der Waals surface area contributed by atoms with Gasteiger partial charge in [-0.3, -0.25) is 0 Å². The third-order valence-corrected chi connectivity index (χ3v) is 2.42. The van der Waals surface area contributed by atoms with Crippen LogP contribution in [0.25, 0.3) is 0 Å². The van der Waals surface area contributed by atoms with Crippen molar-refractivity contribution >= 4 is 29.1 Å². The number of anilines is 3. The summed E-state index contributed by atoms with van der Waals surface area (Å²) in [7, 11) is 0. The zero-order valence-electron chi connectivity index (χ0n) is 9.34. The van der Waals surface area contributed by atoms with E-state index in [0.717, 1.165) is 12.1 Å². The smallest absolute Gasteiger partial charge is 0.223 e. The molecule has 7 heteroatoms. The van der Waals surface area contributed by atoms with Crippen molar-refractivity contribution in [2.45, 2.75) is 6.92 Å². The predicted molar refractivity (Wildman–Crippen MR) is 65.8 cm³/mol. The van der Waals surface area contributed by atoms with E-state index in [0.29, 0.717) is 0 Å². The van der Waals surface area contributed by atoms with E-state index in [-0.39, 0.29) is 28.2 Å². The average Bonchev–Trinajstić information content (AvgIpc) is 2.24. The molecule has 0 radical (unpaired) electrons. The molecule has 1 heterocycles. The van der Waals surface area contributed by atoms with Gasteiger partial charge in [-0.2, -0.15) is 4.98 Å². The fourth-order valence-electron chi connectivity index (χ4n) is 1.38. The van der Waals surface area contributed by atoms with Gasteiger partial charge in [0.25, 0.3) is 0 Å². The third kappa shape index (κ3) is 2.65. The van der Waals surface area contributed by atoms with Crippen LogP contribution in [0.3, 0.4) is 0 Å². The van der Waals surface area contributed by atoms with Crippen LogP contribution in [0, 0.1) is 18.6 Å². The summed E-state index contributed by atoms with van der Waals surface area (Å²) >= 11 is 5.67. The first-order valence-corrected chi connectivity index (χ1v) is 5.36. The molecule has 1 aromatic heterocycles. The van der Waals surface area contributed by atoms with Gasteiger partial charge >= 0.3 is 0 Å². The Morgan fingerprint density at radius 3 is 2.56 bits per heavy atom. The summed E-state index contributed by atoms with van der Waals surface area (Å²) in [5.74, 6) is -0.984. The Morgan fingerprint density at radius 1 is 1.17 bits per heavy atom. The highest BCUT2D eigenvalue weighted by molar-refractivity contribution is 6.29. The van der Waals surface area contributed by atoms with E-state index in [1.807, 2.05) is 0 Å². The molecular weight excluding hydrogens is 262 g/mol. The van der Waals surface area contributed by atoms with E-state index in [1.54, 1.807) is 0 Å². The Balaban J connectivity index is 2.36. The van der Waals surface area contributed by atoms with Gasteiger partial charge in [0.05, 0.1) is 5.69 Å². The van der Waals surface area contributed by atoms with Crippen LogP contribution in [0.2, 0.25) is 5.15 Å². The van der Waals surface area contributed by atoms with Crippen LogP contribution in [0.4, 0.5) is 26.2 Å². The van der Waals surface area contributed by atoms with E-state index in [4.69, 9.17) is 17.3 Å². The molecule has 0 amide bonds. The highest BCUT2D eigenvalue weighted by Gasteiger charge is 2.09. The van der Waals surface area contributed by atoms with E-state index in [1.165, 1.54) is 13.0 Å². The van der Waals surface area contributed by atoms with Gasteiger partial charge in [-0.1, -0.05) is 11.6 Å². The molecule has 0 atom stereocenters. The van der Waals surface area contributed by atoms with Gasteiger partial charge < -0.3 is 11.1 Å². The lowest BCUT2D eigenvalue weighted by Gasteiger charge is -2.08. The van der Waals surface area contributed by atoms with E-state index >= 15 is 0 Å². The molecule has 0 unspecified atom stereocenters. The van der Waals surface area contributed by atoms with Crippen LogP contribution in [-0.2, 0) is 0 Å². The number of hydrogen-bond acceptors (Lipinski definition) is 4. The molecule has 0 aliphatic heterocycles. The molecule has 2 aromatic rings. The second kappa shape index (κ2) is 4.73. The number of nitrogen functional groups attached to an aromatic ring is 1. The summed E-state index contributed by atoms with van der Waals surface area (Å²) in [5, 5.41) is 2.70. The number of nitrogens with two attached hydrogens (primary N) is 1. The number of benzene rings is 1. The monoisotopic (exact) mass is 270 g/mol. The number of aromatic nitrogens is 2. The molecule has 94 valence electrons. The van der Waals surface area contributed by atoms with E-state index < -0.39 is 11.6 Å². The number of aryl methyl sites for hydroxylation is 1. The molecule has 18 heavy (non-hydrogen) atoms. The van der Waals surface area contributed by atoms with Gasteiger partial charge in [-0.05, 0) is 18.6 Å². The Hall–Kier alpha value is -1.95. The number of rotatable bonds is 2. The lowest BCUT2D eigenvalue weighted by Crippen LogP contribution is -2.02. The zero-order chi connectivity index (χ0) is 13.3. The maximum atomic E-state index is 13.6. The molecule has 3 N–H and O–H groups in total. The lowest BCUT2D eigenvalue weighted by molar-refractivity contribution is 0.595. The van der Waals surface area contributed by atoms with Gasteiger partial charge in [0.1, 0.15) is 22.6 Å². The molecule has 0 bridgehead atoms. The summed E-state index contributed by atoms with van der Waals surface area (Å²) in [5.41, 5.74) is 5.56. The fraction of sp³-hybridized carbons (Fsp3) is 0.0909. The summed E-state index contributed by atoms with van der Waals surface area (Å²) in [4.78, 5) is 7.46. The Morgan fingerprint density at radius 2 is 1.89 bits per heavy atom. The van der Waals surface area contributed by atoms with E-state index in [2.05, 4.69) is 15.3 Å². The van der Waals surface area contributed by atoms with Gasteiger partial charge in [0, 0.05) is 12.1 Å². The number of nitrogens with one attached hydrogen (secondary N) is 1. The second-order valence-electron chi connectivity index (χ2n) is 3.64. The van der Waals surface area contributed by atoms with Gasteiger partial charge in [-0.15, -0.1) is 0 Å². The highest BCUT2D eigenvalue weighted by atomic mass is 35.5. The third-order valence-electron chi connectivity index (χ3n) is 2.22. The van der Waals surface area contributed by atoms with Crippen molar-refractivity contribution in [3.05, 3.63) is 40.6 Å². The average molecular weight is 271 g/mol. The molecule has 4 nitrogen and oxygen atoms in total. The number of hydrogen-bond donors (Lipinski definition) is 2. The summed E-state index contributed by atoms with van der Waals surface area (Å²) in [6, 6.07) is 3.48. The molecule has 0 saturated heterocycles. The van der Waals surface area contributed by atoms with Crippen molar-refractivity contribution in [2.75, 3.05) is 11.1 Å². The number of halogens is 3. The molecule has 2 rings (SSSR count). The molecule has 0 spiro atoms. The Bertz CT molecular complexity index is 584. The molecular formula is C11H9ClF2N4. The van der Waals surface area contributed by atoms with Crippen LogP contribution in [0.15, 0.2) is 18.2 Å². The molecule has 0 aliphatic rings. The van der Waals surface area contributed by atoms with Crippen molar-refractivity contribution in [1.29, 1.82) is 0 Å². The summed E-state index contributed by atoms with van der Waals surface area (Å²) < 4.78 is 26.9. The van der Waals surface area contributed by atoms with Crippen molar-refractivity contribution in [3.8, 4) is 0 Å². The summed E-state index contributed by atoms with van der Waals surface area (Å²) in [6.45, 7) is 1.47. The zero-order valence-corrected chi connectivity index (χ0v) is 10.1. The van der Waals surface area contributed by atoms with Gasteiger partial charge in [0.15, 0.2) is 0 Å². The van der Waals surface area contributed by atoms with Crippen LogP contribution < -0.4 is 11.1 Å². The normalized spacial score (nSPS) is 10.4. The maximum Gasteiger partial charge on any atom is 0.223 e. The minimum Gasteiger partial charge on any atom is -0.368 e. The van der Waals surface area contributed by atoms with Crippen LogP contribution >= 0.6 is 11.6 Å². The Labute approximate surface area is 107 Å². The molecule has 1 aromatic carbocycles. The van der Waals surface area contributed by atoms with E-state index in [9.17, 15) is 8.78 Å². The highest BCUT2D eigenvalue weighted by Crippen LogP contribution is 2.23. The minimum atomic E-state index is -0.595. The van der Waals surface area contributed by atoms with Crippen molar-refractivity contribution in [1.82, 2.24) is 9.97 Å². The lowest BCUT2D eigenvalue weighted by atomic mass is 10.2. The Kier molecular flexibility index (Phi) is 3.29. The van der Waals surface area contributed by atoms with Crippen LogP contribution in [0.5, 0.6) is 0 Å². The van der Waals surface area contributed by atoms with Crippen molar-refractivity contribution in [2.24, 2.45) is 0 Å². The molecule has 0 saturated carbocycles. The number of nitrogens with zero attached hydrogens (tertiary/aromatic N) is 2. The molecule has 0 aliphatic carbocycles. The first-order valence-electron chi connectivity index (χ1n) is 4.98. The van der Waals surface area contributed by atoms with Crippen molar-refractivity contribution in [3.63, 3.8) is 0 Å². The maximum absolute atomic E-state index is 13.6. The quantitative estimate of drug-likeness (QED) is 0.823. The first-order chi connectivity index (χ1) is 8.45. The van der Waals surface area contributed by atoms with Crippen LogP contribution in [0.1, 0.15) is 5.56 Å². The van der Waals surface area contributed by atoms with Gasteiger partial charge in [0.2, 0.25) is 5.95 Å². The standard InChI is InChI=1S/C11H9ClF2N4/c1-5-2-7(14)8(3-6(5)13)16-10-4-9(12)17-11(15)18-10/h2-4H,1H3,(H3,15,16,17,18). The minimum absolute atomic E-state index is 0.0488. The SMILES string of the molecule is Cc1cc(F)c(Nc2cc(Cl)nc(N)n2)cc1F. The topological polar surface area (TPSA) is 63.8 Å². The van der Waals surface area contributed by atoms with Crippen molar-refractivity contribution < 1.29 is 8.78 Å². The van der Waals surface area contributed by atoms with Gasteiger partial charge in [-0.25, -0.2) is 13.8 Å². The second-order valence-corrected chi connectivity index (χ2v) is 4.03. The molecule has 0 fully saturated rings. The predicted octanol–water partition coefficient (Wildman–Crippen LogP) is 3.04. The largest absolute Gasteiger partial charge is 0.368 e. The fourth-order valence-corrected chi connectivity index (χ4v) is 1.57. The first kappa shape index (κ1) is 12.5.